The summed E-state index contributed by atoms with van der Waals surface area (Å²) in [6, 6.07) is 12.0. The van der Waals surface area contributed by atoms with E-state index in [0.717, 1.165) is 11.1 Å². The molecule has 0 N–H and O–H groups in total. The van der Waals surface area contributed by atoms with Gasteiger partial charge in [0.15, 0.2) is 11.5 Å². The van der Waals surface area contributed by atoms with Gasteiger partial charge in [0.05, 0.1) is 10.8 Å². The van der Waals surface area contributed by atoms with Gasteiger partial charge in [0, 0.05) is 25.9 Å². The van der Waals surface area contributed by atoms with Gasteiger partial charge in [-0.05, 0) is 49.6 Å². The van der Waals surface area contributed by atoms with E-state index < -0.39 is 15.9 Å². The number of benzene rings is 2. The van der Waals surface area contributed by atoms with Gasteiger partial charge in [-0.1, -0.05) is 23.8 Å². The number of ether oxygens (including phenoxy) is 2. The van der Waals surface area contributed by atoms with Crippen molar-refractivity contribution in [1.29, 1.82) is 0 Å². The van der Waals surface area contributed by atoms with E-state index in [1.807, 2.05) is 6.92 Å². The Labute approximate surface area is 182 Å². The van der Waals surface area contributed by atoms with E-state index in [2.05, 4.69) is 0 Å². The molecular formula is C23H25NO6S. The number of sulfonamides is 1. The standard InChI is InChI=1S/C23H25NO6S/c1-16-5-8-18(9-6-16)31(27,28)24(12-11-19-20(25)3-2-4-21(19)26)14-17-7-10-22-23(13-17)30-15-29-22/h5-10,13,19H,2-4,11-12,14-15H2,1H3. The molecule has 2 aliphatic rings. The summed E-state index contributed by atoms with van der Waals surface area (Å²) in [6.45, 7) is 2.20. The van der Waals surface area contributed by atoms with Gasteiger partial charge in [0.1, 0.15) is 11.6 Å². The monoisotopic (exact) mass is 443 g/mol. The van der Waals surface area contributed by atoms with Crippen LogP contribution >= 0.6 is 0 Å². The van der Waals surface area contributed by atoms with E-state index in [1.54, 1.807) is 42.5 Å². The van der Waals surface area contributed by atoms with Crippen LogP contribution in [0.5, 0.6) is 11.5 Å². The second-order valence-corrected chi connectivity index (χ2v) is 9.90. The molecule has 4 rings (SSSR count). The summed E-state index contributed by atoms with van der Waals surface area (Å²) in [6.07, 6.45) is 1.52. The number of ketones is 2. The molecule has 0 unspecified atom stereocenters. The maximum absolute atomic E-state index is 13.4. The smallest absolute Gasteiger partial charge is 0.243 e. The number of carbonyl (C=O) groups is 2. The molecular weight excluding hydrogens is 418 g/mol. The van der Waals surface area contributed by atoms with Gasteiger partial charge in [-0.15, -0.1) is 0 Å². The van der Waals surface area contributed by atoms with E-state index in [9.17, 15) is 18.0 Å². The second kappa shape index (κ2) is 8.80. The Morgan fingerprint density at radius 3 is 2.35 bits per heavy atom. The minimum absolute atomic E-state index is 0.0762. The molecule has 0 atom stereocenters. The average molecular weight is 444 g/mol. The van der Waals surface area contributed by atoms with Crippen molar-refractivity contribution in [3.05, 3.63) is 53.6 Å². The molecule has 0 radical (unpaired) electrons. The van der Waals surface area contributed by atoms with Crippen LogP contribution in [0.2, 0.25) is 0 Å². The Kier molecular flexibility index (Phi) is 6.11. The highest BCUT2D eigenvalue weighted by molar-refractivity contribution is 7.89. The van der Waals surface area contributed by atoms with Crippen LogP contribution in [-0.2, 0) is 26.2 Å². The number of hydrogen-bond donors (Lipinski definition) is 0. The zero-order chi connectivity index (χ0) is 22.0. The predicted molar refractivity (Wildman–Crippen MR) is 113 cm³/mol. The summed E-state index contributed by atoms with van der Waals surface area (Å²) in [4.78, 5) is 24.7. The van der Waals surface area contributed by atoms with E-state index in [0.29, 0.717) is 30.8 Å². The first-order valence-corrected chi connectivity index (χ1v) is 11.8. The van der Waals surface area contributed by atoms with Crippen molar-refractivity contribution in [2.75, 3.05) is 13.3 Å². The van der Waals surface area contributed by atoms with Crippen LogP contribution in [0.3, 0.4) is 0 Å². The molecule has 7 nitrogen and oxygen atoms in total. The van der Waals surface area contributed by atoms with Crippen LogP contribution in [0.15, 0.2) is 47.4 Å². The molecule has 0 amide bonds. The Morgan fingerprint density at radius 2 is 1.65 bits per heavy atom. The number of aryl methyl sites for hydroxylation is 1. The number of fused-ring (bicyclic) bond motifs is 1. The van der Waals surface area contributed by atoms with Crippen LogP contribution in [0.25, 0.3) is 0 Å². The van der Waals surface area contributed by atoms with Gasteiger partial charge in [-0.3, -0.25) is 9.59 Å². The average Bonchev–Trinajstić information content (AvgIpc) is 3.20. The molecule has 2 aromatic carbocycles. The highest BCUT2D eigenvalue weighted by atomic mass is 32.2. The van der Waals surface area contributed by atoms with Crippen LogP contribution < -0.4 is 9.47 Å². The molecule has 1 aliphatic heterocycles. The summed E-state index contributed by atoms with van der Waals surface area (Å²) in [7, 11) is -3.83. The van der Waals surface area contributed by atoms with Gasteiger partial charge in [0.2, 0.25) is 16.8 Å². The van der Waals surface area contributed by atoms with E-state index in [1.165, 1.54) is 4.31 Å². The van der Waals surface area contributed by atoms with Crippen molar-refractivity contribution in [3.63, 3.8) is 0 Å². The van der Waals surface area contributed by atoms with Crippen molar-refractivity contribution in [2.45, 2.75) is 44.0 Å². The fourth-order valence-corrected chi connectivity index (χ4v) is 5.39. The Balaban J connectivity index is 1.60. The SMILES string of the molecule is Cc1ccc(S(=O)(=O)N(CCC2C(=O)CCCC2=O)Cc2ccc3c(c2)OCO3)cc1. The summed E-state index contributed by atoms with van der Waals surface area (Å²) < 4.78 is 38.9. The number of rotatable bonds is 7. The van der Waals surface area contributed by atoms with Crippen molar-refractivity contribution in [2.24, 2.45) is 5.92 Å². The normalized spacial score (nSPS) is 16.8. The molecule has 8 heteroatoms. The van der Waals surface area contributed by atoms with Crippen molar-refractivity contribution in [1.82, 2.24) is 4.31 Å². The van der Waals surface area contributed by atoms with Gasteiger partial charge >= 0.3 is 0 Å². The third-order valence-corrected chi connectivity index (χ3v) is 7.60. The zero-order valence-corrected chi connectivity index (χ0v) is 18.2. The predicted octanol–water partition coefficient (Wildman–Crippen LogP) is 3.24. The molecule has 1 aliphatic carbocycles. The quantitative estimate of drug-likeness (QED) is 0.611. The third kappa shape index (κ3) is 4.65. The summed E-state index contributed by atoms with van der Waals surface area (Å²) in [5.41, 5.74) is 1.70. The molecule has 0 aromatic heterocycles. The minimum atomic E-state index is -3.83. The first-order chi connectivity index (χ1) is 14.8. The zero-order valence-electron chi connectivity index (χ0n) is 17.4. The van der Waals surface area contributed by atoms with Crippen LogP contribution in [0.1, 0.15) is 36.8 Å². The molecule has 164 valence electrons. The van der Waals surface area contributed by atoms with Gasteiger partial charge < -0.3 is 9.47 Å². The van der Waals surface area contributed by atoms with Crippen molar-refractivity contribution >= 4 is 21.6 Å². The van der Waals surface area contributed by atoms with Crippen LogP contribution in [-0.4, -0.2) is 37.6 Å². The topological polar surface area (TPSA) is 90.0 Å². The lowest BCUT2D eigenvalue weighted by molar-refractivity contribution is -0.135. The van der Waals surface area contributed by atoms with Gasteiger partial charge in [0.25, 0.3) is 0 Å². The Bertz CT molecular complexity index is 1080. The molecule has 1 heterocycles. The molecule has 1 fully saturated rings. The lowest BCUT2D eigenvalue weighted by Gasteiger charge is -2.26. The summed E-state index contributed by atoms with van der Waals surface area (Å²) in [5.74, 6) is 0.290. The fraction of sp³-hybridized carbons (Fsp3) is 0.391. The van der Waals surface area contributed by atoms with Crippen molar-refractivity contribution < 1.29 is 27.5 Å². The molecule has 2 aromatic rings. The summed E-state index contributed by atoms with van der Waals surface area (Å²) >= 11 is 0. The highest BCUT2D eigenvalue weighted by Gasteiger charge is 2.32. The minimum Gasteiger partial charge on any atom is -0.454 e. The first-order valence-electron chi connectivity index (χ1n) is 10.4. The Hall–Kier alpha value is -2.71. The largest absolute Gasteiger partial charge is 0.454 e. The lowest BCUT2D eigenvalue weighted by atomic mass is 9.84. The van der Waals surface area contributed by atoms with Gasteiger partial charge in [-0.25, -0.2) is 8.42 Å². The van der Waals surface area contributed by atoms with E-state index in [-0.39, 0.29) is 42.8 Å². The Morgan fingerprint density at radius 1 is 0.968 bits per heavy atom. The molecule has 31 heavy (non-hydrogen) atoms. The van der Waals surface area contributed by atoms with Crippen LogP contribution in [0.4, 0.5) is 0 Å². The molecule has 0 saturated heterocycles. The van der Waals surface area contributed by atoms with Gasteiger partial charge in [-0.2, -0.15) is 4.31 Å². The summed E-state index contributed by atoms with van der Waals surface area (Å²) in [5, 5.41) is 0. The molecule has 0 bridgehead atoms. The third-order valence-electron chi connectivity index (χ3n) is 5.75. The van der Waals surface area contributed by atoms with E-state index >= 15 is 0 Å². The molecule has 0 spiro atoms. The van der Waals surface area contributed by atoms with Crippen molar-refractivity contribution in [3.8, 4) is 11.5 Å². The lowest BCUT2D eigenvalue weighted by Crippen LogP contribution is -2.36. The fourth-order valence-electron chi connectivity index (χ4n) is 3.95. The number of hydrogen-bond acceptors (Lipinski definition) is 6. The van der Waals surface area contributed by atoms with Crippen LogP contribution in [0, 0.1) is 12.8 Å². The maximum atomic E-state index is 13.4. The van der Waals surface area contributed by atoms with E-state index in [4.69, 9.17) is 9.47 Å². The second-order valence-electron chi connectivity index (χ2n) is 7.97. The maximum Gasteiger partial charge on any atom is 0.243 e. The molecule has 1 saturated carbocycles. The number of nitrogens with zero attached hydrogens (tertiary/aromatic N) is 1. The number of Topliss-reactive ketones (excluding diaryl/α,β-unsaturated/α-hetero) is 2. The highest BCUT2D eigenvalue weighted by Crippen LogP contribution is 2.33. The number of carbonyl (C=O) groups excluding carboxylic acids is 2. The first kappa shape index (κ1) is 21.5.